The molecule has 0 saturated carbocycles. The van der Waals surface area contributed by atoms with Crippen molar-refractivity contribution < 1.29 is 19.0 Å². The Morgan fingerprint density at radius 3 is 2.15 bits per heavy atom. The highest BCUT2D eigenvalue weighted by Crippen LogP contribution is 2.07. The molecule has 0 atom stereocenters. The third kappa shape index (κ3) is 3.83. The predicted molar refractivity (Wildman–Crippen MR) is 48.0 cm³/mol. The fraction of sp³-hybridized carbons (Fsp3) is 0.667. The van der Waals surface area contributed by atoms with Gasteiger partial charge in [-0.1, -0.05) is 6.92 Å². The van der Waals surface area contributed by atoms with Crippen molar-refractivity contribution in [2.24, 2.45) is 0 Å². The van der Waals surface area contributed by atoms with Crippen LogP contribution >= 0.6 is 0 Å². The maximum atomic E-state index is 11.2. The molecule has 0 amide bonds. The molecule has 0 aliphatic rings. The van der Waals surface area contributed by atoms with Gasteiger partial charge < -0.3 is 14.2 Å². The summed E-state index contributed by atoms with van der Waals surface area (Å²) in [7, 11) is 2.88. The highest BCUT2D eigenvalue weighted by molar-refractivity contribution is 5.87. The van der Waals surface area contributed by atoms with Crippen LogP contribution in [0, 0.1) is 0 Å². The molecule has 0 spiro atoms. The van der Waals surface area contributed by atoms with Crippen LogP contribution in [-0.2, 0) is 19.0 Å². The minimum atomic E-state index is -0.402. The predicted octanol–water partition coefficient (Wildman–Crippen LogP) is 1.46. The monoisotopic (exact) mass is 188 g/mol. The van der Waals surface area contributed by atoms with Crippen molar-refractivity contribution in [2.45, 2.75) is 20.3 Å². The molecule has 0 aromatic carbocycles. The zero-order valence-electron chi connectivity index (χ0n) is 8.55. The van der Waals surface area contributed by atoms with E-state index in [2.05, 4.69) is 0 Å². The summed E-state index contributed by atoms with van der Waals surface area (Å²) in [5.74, 6) is -0.207. The van der Waals surface area contributed by atoms with Gasteiger partial charge in [-0.15, -0.1) is 0 Å². The van der Waals surface area contributed by atoms with Crippen molar-refractivity contribution in [3.63, 3.8) is 0 Å². The first-order valence-electron chi connectivity index (χ1n) is 4.13. The van der Waals surface area contributed by atoms with Crippen LogP contribution in [0.4, 0.5) is 0 Å². The highest BCUT2D eigenvalue weighted by atomic mass is 16.7. The van der Waals surface area contributed by atoms with Crippen molar-refractivity contribution in [3.8, 4) is 0 Å². The van der Waals surface area contributed by atoms with E-state index in [1.165, 1.54) is 14.2 Å². The molecule has 13 heavy (non-hydrogen) atoms. The van der Waals surface area contributed by atoms with Gasteiger partial charge in [0.2, 0.25) is 0 Å². The van der Waals surface area contributed by atoms with E-state index in [-0.39, 0.29) is 5.95 Å². The summed E-state index contributed by atoms with van der Waals surface area (Å²) in [6.07, 6.45) is 0.800. The highest BCUT2D eigenvalue weighted by Gasteiger charge is 2.12. The number of ether oxygens (including phenoxy) is 3. The maximum Gasteiger partial charge on any atom is 0.340 e. The number of rotatable bonds is 5. The largest absolute Gasteiger partial charge is 0.468 e. The van der Waals surface area contributed by atoms with Gasteiger partial charge in [-0.3, -0.25) is 0 Å². The topological polar surface area (TPSA) is 44.8 Å². The molecule has 0 bridgehead atoms. The van der Waals surface area contributed by atoms with E-state index in [4.69, 9.17) is 14.2 Å². The van der Waals surface area contributed by atoms with Crippen LogP contribution in [0.3, 0.4) is 0 Å². The van der Waals surface area contributed by atoms with Crippen LogP contribution in [0.5, 0.6) is 0 Å². The van der Waals surface area contributed by atoms with Gasteiger partial charge in [0.1, 0.15) is 5.57 Å². The number of methoxy groups -OCH3 is 2. The molecule has 0 unspecified atom stereocenters. The van der Waals surface area contributed by atoms with E-state index in [1.54, 1.807) is 6.92 Å². The van der Waals surface area contributed by atoms with Crippen molar-refractivity contribution >= 4 is 5.97 Å². The normalized spacial score (nSPS) is 8.92. The van der Waals surface area contributed by atoms with Crippen LogP contribution in [-0.4, -0.2) is 26.8 Å². The Hall–Kier alpha value is -1.19. The summed E-state index contributed by atoms with van der Waals surface area (Å²) in [4.78, 5) is 11.2. The van der Waals surface area contributed by atoms with Gasteiger partial charge in [0.05, 0.1) is 20.8 Å². The average Bonchev–Trinajstić information content (AvgIpc) is 2.15. The second-order valence-electron chi connectivity index (χ2n) is 2.46. The summed E-state index contributed by atoms with van der Waals surface area (Å²) in [6, 6.07) is 0. The van der Waals surface area contributed by atoms with E-state index in [1.807, 2.05) is 6.92 Å². The van der Waals surface area contributed by atoms with E-state index in [0.29, 0.717) is 12.2 Å². The number of hydrogen-bond donors (Lipinski definition) is 0. The molecule has 0 fully saturated rings. The Labute approximate surface area is 78.5 Å². The lowest BCUT2D eigenvalue weighted by molar-refractivity contribution is -0.139. The second-order valence-corrected chi connectivity index (χ2v) is 2.46. The number of esters is 1. The molecular weight excluding hydrogens is 172 g/mol. The molecule has 0 aromatic heterocycles. The van der Waals surface area contributed by atoms with Crippen LogP contribution in [0.1, 0.15) is 20.3 Å². The first kappa shape index (κ1) is 11.8. The zero-order chi connectivity index (χ0) is 10.3. The minimum absolute atomic E-state index is 0.195. The van der Waals surface area contributed by atoms with Gasteiger partial charge in [-0.05, 0) is 13.3 Å². The lowest BCUT2D eigenvalue weighted by Gasteiger charge is -2.08. The number of carbonyl (C=O) groups excluding carboxylic acids is 1. The van der Waals surface area contributed by atoms with E-state index in [9.17, 15) is 4.79 Å². The van der Waals surface area contributed by atoms with Gasteiger partial charge >= 0.3 is 5.97 Å². The van der Waals surface area contributed by atoms with Crippen molar-refractivity contribution in [2.75, 3.05) is 20.8 Å². The Bertz CT molecular complexity index is 190. The average molecular weight is 188 g/mol. The maximum absolute atomic E-state index is 11.2. The van der Waals surface area contributed by atoms with Crippen LogP contribution in [0.25, 0.3) is 0 Å². The fourth-order valence-corrected chi connectivity index (χ4v) is 0.776. The molecular formula is C9H16O4. The molecule has 76 valence electrons. The van der Waals surface area contributed by atoms with Gasteiger partial charge in [-0.25, -0.2) is 4.79 Å². The second kappa shape index (κ2) is 6.34. The van der Waals surface area contributed by atoms with Gasteiger partial charge in [0.25, 0.3) is 5.95 Å². The smallest absolute Gasteiger partial charge is 0.340 e. The van der Waals surface area contributed by atoms with Crippen LogP contribution in [0.2, 0.25) is 0 Å². The third-order valence-corrected chi connectivity index (χ3v) is 1.42. The summed E-state index contributed by atoms with van der Waals surface area (Å²) < 4.78 is 14.5. The fourth-order valence-electron chi connectivity index (χ4n) is 0.776. The third-order valence-electron chi connectivity index (χ3n) is 1.42. The number of carbonyl (C=O) groups is 1. The Morgan fingerprint density at radius 2 is 1.77 bits per heavy atom. The van der Waals surface area contributed by atoms with Crippen molar-refractivity contribution in [1.29, 1.82) is 0 Å². The molecule has 4 heteroatoms. The van der Waals surface area contributed by atoms with E-state index in [0.717, 1.165) is 6.42 Å². The summed E-state index contributed by atoms with van der Waals surface area (Å²) in [6.45, 7) is 3.94. The molecule has 0 heterocycles. The molecule has 0 N–H and O–H groups in total. The summed E-state index contributed by atoms with van der Waals surface area (Å²) in [5, 5.41) is 0. The zero-order valence-corrected chi connectivity index (χ0v) is 8.55. The molecule has 0 radical (unpaired) electrons. The summed E-state index contributed by atoms with van der Waals surface area (Å²) >= 11 is 0. The van der Waals surface area contributed by atoms with Crippen molar-refractivity contribution in [3.05, 3.63) is 11.5 Å². The van der Waals surface area contributed by atoms with Crippen LogP contribution < -0.4 is 0 Å². The molecule has 0 rings (SSSR count). The minimum Gasteiger partial charge on any atom is -0.468 e. The molecule has 0 saturated heterocycles. The van der Waals surface area contributed by atoms with Crippen molar-refractivity contribution in [1.82, 2.24) is 0 Å². The first-order chi connectivity index (χ1) is 6.17. The van der Waals surface area contributed by atoms with Gasteiger partial charge in [0.15, 0.2) is 0 Å². The molecule has 4 nitrogen and oxygen atoms in total. The van der Waals surface area contributed by atoms with Crippen LogP contribution in [0.15, 0.2) is 11.5 Å². The first-order valence-corrected chi connectivity index (χ1v) is 4.13. The standard InChI is InChI=1S/C9H16O4/c1-5-6-13-8(10)7(2)9(11-3)12-4/h5-6H2,1-4H3. The Balaban J connectivity index is 4.28. The lowest BCUT2D eigenvalue weighted by Crippen LogP contribution is -2.10. The van der Waals surface area contributed by atoms with Gasteiger partial charge in [0, 0.05) is 0 Å². The summed E-state index contributed by atoms with van der Waals surface area (Å²) in [5.41, 5.74) is 0.346. The Kier molecular flexibility index (Phi) is 5.76. The number of hydrogen-bond acceptors (Lipinski definition) is 4. The molecule has 0 aliphatic heterocycles. The lowest BCUT2D eigenvalue weighted by atomic mass is 10.3. The molecule has 0 aromatic rings. The molecule has 0 aliphatic carbocycles. The SMILES string of the molecule is CCCOC(=O)C(C)=C(OC)OC. The van der Waals surface area contributed by atoms with E-state index >= 15 is 0 Å². The Morgan fingerprint density at radius 1 is 1.23 bits per heavy atom. The van der Waals surface area contributed by atoms with Gasteiger partial charge in [-0.2, -0.15) is 0 Å². The van der Waals surface area contributed by atoms with E-state index < -0.39 is 5.97 Å². The quantitative estimate of drug-likeness (QED) is 0.372.